The SMILES string of the molecule is Cc1c(Cl)cccc1NCc1ccc(OCC(=O)Nc2ccc(Cl)c(Cl)c2)c(Br)c1. The van der Waals surface area contributed by atoms with Crippen molar-refractivity contribution in [1.82, 2.24) is 0 Å². The van der Waals surface area contributed by atoms with Gasteiger partial charge >= 0.3 is 0 Å². The molecule has 0 fully saturated rings. The highest BCUT2D eigenvalue weighted by Gasteiger charge is 2.09. The lowest BCUT2D eigenvalue weighted by Gasteiger charge is -2.13. The van der Waals surface area contributed by atoms with Gasteiger partial charge in [-0.3, -0.25) is 4.79 Å². The van der Waals surface area contributed by atoms with Crippen LogP contribution in [0.25, 0.3) is 0 Å². The summed E-state index contributed by atoms with van der Waals surface area (Å²) >= 11 is 21.5. The van der Waals surface area contributed by atoms with Crippen molar-refractivity contribution in [3.63, 3.8) is 0 Å². The molecule has 0 heterocycles. The van der Waals surface area contributed by atoms with E-state index in [-0.39, 0.29) is 12.5 Å². The average molecular weight is 529 g/mol. The zero-order chi connectivity index (χ0) is 21.7. The maximum Gasteiger partial charge on any atom is 0.262 e. The van der Waals surface area contributed by atoms with Crippen LogP contribution in [0.3, 0.4) is 0 Å². The first-order valence-electron chi connectivity index (χ1n) is 8.98. The van der Waals surface area contributed by atoms with Crippen molar-refractivity contribution >= 4 is 68.0 Å². The third kappa shape index (κ3) is 6.05. The fourth-order valence-corrected chi connectivity index (χ4v) is 3.70. The Hall–Kier alpha value is -1.92. The summed E-state index contributed by atoms with van der Waals surface area (Å²) in [6, 6.07) is 16.3. The van der Waals surface area contributed by atoms with Gasteiger partial charge in [0.1, 0.15) is 5.75 Å². The zero-order valence-corrected chi connectivity index (χ0v) is 19.8. The van der Waals surface area contributed by atoms with E-state index in [4.69, 9.17) is 39.5 Å². The molecule has 0 atom stereocenters. The molecule has 0 aliphatic carbocycles. The second-order valence-corrected chi connectivity index (χ2v) is 8.57. The van der Waals surface area contributed by atoms with E-state index in [9.17, 15) is 4.79 Å². The van der Waals surface area contributed by atoms with Crippen LogP contribution in [0.5, 0.6) is 5.75 Å². The first kappa shape index (κ1) is 22.8. The van der Waals surface area contributed by atoms with Gasteiger partial charge in [-0.2, -0.15) is 0 Å². The maximum atomic E-state index is 12.1. The second kappa shape index (κ2) is 10.4. The van der Waals surface area contributed by atoms with Crippen LogP contribution in [0.15, 0.2) is 59.1 Å². The summed E-state index contributed by atoms with van der Waals surface area (Å²) in [5.41, 5.74) is 3.59. The monoisotopic (exact) mass is 526 g/mol. The highest BCUT2D eigenvalue weighted by molar-refractivity contribution is 9.10. The molecule has 156 valence electrons. The van der Waals surface area contributed by atoms with E-state index in [1.807, 2.05) is 43.3 Å². The molecule has 0 aromatic heterocycles. The van der Waals surface area contributed by atoms with Gasteiger partial charge in [-0.05, 0) is 76.4 Å². The Morgan fingerprint density at radius 1 is 1.00 bits per heavy atom. The number of benzene rings is 3. The van der Waals surface area contributed by atoms with E-state index in [0.717, 1.165) is 26.3 Å². The molecule has 3 rings (SSSR count). The standard InChI is InChI=1S/C22H18BrCl3N2O2/c1-13-17(24)3-2-4-20(13)27-11-14-5-8-21(16(23)9-14)30-12-22(29)28-15-6-7-18(25)19(26)10-15/h2-10,27H,11-12H2,1H3,(H,28,29). The third-order valence-electron chi connectivity index (χ3n) is 4.31. The minimum atomic E-state index is -0.303. The van der Waals surface area contributed by atoms with E-state index >= 15 is 0 Å². The van der Waals surface area contributed by atoms with Gasteiger partial charge in [-0.15, -0.1) is 0 Å². The molecule has 8 heteroatoms. The fraction of sp³-hybridized carbons (Fsp3) is 0.136. The van der Waals surface area contributed by atoms with Gasteiger partial charge in [0, 0.05) is 22.9 Å². The number of rotatable bonds is 7. The van der Waals surface area contributed by atoms with E-state index < -0.39 is 0 Å². The minimum Gasteiger partial charge on any atom is -0.483 e. The van der Waals surface area contributed by atoms with Crippen LogP contribution in [0.2, 0.25) is 15.1 Å². The Balaban J connectivity index is 1.55. The number of carbonyl (C=O) groups excluding carboxylic acids is 1. The van der Waals surface area contributed by atoms with Crippen molar-refractivity contribution in [3.8, 4) is 5.75 Å². The normalized spacial score (nSPS) is 10.6. The van der Waals surface area contributed by atoms with Crippen LogP contribution < -0.4 is 15.4 Å². The van der Waals surface area contributed by atoms with Crippen LogP contribution in [0, 0.1) is 6.92 Å². The molecular weight excluding hydrogens is 511 g/mol. The molecule has 0 unspecified atom stereocenters. The highest BCUT2D eigenvalue weighted by atomic mass is 79.9. The van der Waals surface area contributed by atoms with Crippen LogP contribution in [0.1, 0.15) is 11.1 Å². The second-order valence-electron chi connectivity index (χ2n) is 6.50. The number of nitrogens with one attached hydrogen (secondary N) is 2. The summed E-state index contributed by atoms with van der Waals surface area (Å²) in [6.45, 7) is 2.45. The number of amides is 1. The first-order chi connectivity index (χ1) is 14.3. The van der Waals surface area contributed by atoms with Gasteiger partial charge in [0.05, 0.1) is 14.5 Å². The maximum absolute atomic E-state index is 12.1. The number of anilines is 2. The Labute approximate surface area is 198 Å². The molecule has 0 aliphatic heterocycles. The number of halogens is 4. The smallest absolute Gasteiger partial charge is 0.262 e. The molecule has 0 saturated heterocycles. The molecular formula is C22H18BrCl3N2O2. The quantitative estimate of drug-likeness (QED) is 0.337. The van der Waals surface area contributed by atoms with Gasteiger partial charge in [-0.1, -0.05) is 46.9 Å². The summed E-state index contributed by atoms with van der Waals surface area (Å²) in [6.07, 6.45) is 0. The zero-order valence-electron chi connectivity index (χ0n) is 15.9. The van der Waals surface area contributed by atoms with Gasteiger partial charge in [0.2, 0.25) is 0 Å². The van der Waals surface area contributed by atoms with Crippen LogP contribution in [-0.2, 0) is 11.3 Å². The molecule has 3 aromatic carbocycles. The molecule has 0 bridgehead atoms. The number of hydrogen-bond acceptors (Lipinski definition) is 3. The molecule has 0 aliphatic rings. The Morgan fingerprint density at radius 2 is 1.80 bits per heavy atom. The summed E-state index contributed by atoms with van der Waals surface area (Å²) in [7, 11) is 0. The van der Waals surface area contributed by atoms with Gasteiger partial charge in [-0.25, -0.2) is 0 Å². The average Bonchev–Trinajstić information content (AvgIpc) is 2.71. The highest BCUT2D eigenvalue weighted by Crippen LogP contribution is 2.28. The molecule has 4 nitrogen and oxygen atoms in total. The lowest BCUT2D eigenvalue weighted by Crippen LogP contribution is -2.20. The summed E-state index contributed by atoms with van der Waals surface area (Å²) in [4.78, 5) is 12.1. The van der Waals surface area contributed by atoms with E-state index in [1.54, 1.807) is 18.2 Å². The van der Waals surface area contributed by atoms with Crippen LogP contribution in [-0.4, -0.2) is 12.5 Å². The van der Waals surface area contributed by atoms with Crippen molar-refractivity contribution < 1.29 is 9.53 Å². The largest absolute Gasteiger partial charge is 0.483 e. The predicted molar refractivity (Wildman–Crippen MR) is 128 cm³/mol. The lowest BCUT2D eigenvalue weighted by molar-refractivity contribution is -0.118. The number of carbonyl (C=O) groups is 1. The molecule has 0 radical (unpaired) electrons. The summed E-state index contributed by atoms with van der Waals surface area (Å²) < 4.78 is 6.38. The predicted octanol–water partition coefficient (Wildman–Crippen LogP) is 7.35. The van der Waals surface area contributed by atoms with Crippen molar-refractivity contribution in [3.05, 3.63) is 85.3 Å². The van der Waals surface area contributed by atoms with Crippen molar-refractivity contribution in [2.24, 2.45) is 0 Å². The van der Waals surface area contributed by atoms with E-state index in [2.05, 4.69) is 26.6 Å². The first-order valence-corrected chi connectivity index (χ1v) is 10.9. The summed E-state index contributed by atoms with van der Waals surface area (Å²) in [5.74, 6) is 0.268. The fourth-order valence-electron chi connectivity index (χ4n) is 2.68. The van der Waals surface area contributed by atoms with Crippen LogP contribution >= 0.6 is 50.7 Å². The molecule has 1 amide bonds. The number of ether oxygens (including phenoxy) is 1. The van der Waals surface area contributed by atoms with Gasteiger partial charge < -0.3 is 15.4 Å². The Bertz CT molecular complexity index is 1080. The molecule has 2 N–H and O–H groups in total. The van der Waals surface area contributed by atoms with Gasteiger partial charge in [0.25, 0.3) is 5.91 Å². The summed E-state index contributed by atoms with van der Waals surface area (Å²) in [5, 5.41) is 7.61. The van der Waals surface area contributed by atoms with Crippen LogP contribution in [0.4, 0.5) is 11.4 Å². The van der Waals surface area contributed by atoms with Crippen molar-refractivity contribution in [2.75, 3.05) is 17.2 Å². The molecule has 30 heavy (non-hydrogen) atoms. The Morgan fingerprint density at radius 3 is 2.53 bits per heavy atom. The van der Waals surface area contributed by atoms with Gasteiger partial charge in [0.15, 0.2) is 6.61 Å². The molecule has 0 spiro atoms. The third-order valence-corrected chi connectivity index (χ3v) is 6.08. The lowest BCUT2D eigenvalue weighted by atomic mass is 10.1. The Kier molecular flexibility index (Phi) is 7.89. The molecule has 0 saturated carbocycles. The topological polar surface area (TPSA) is 50.4 Å². The minimum absolute atomic E-state index is 0.141. The van der Waals surface area contributed by atoms with Crippen molar-refractivity contribution in [2.45, 2.75) is 13.5 Å². The van der Waals surface area contributed by atoms with E-state index in [1.165, 1.54) is 0 Å². The van der Waals surface area contributed by atoms with E-state index in [0.29, 0.717) is 28.0 Å². The molecule has 3 aromatic rings. The van der Waals surface area contributed by atoms with Crippen molar-refractivity contribution in [1.29, 1.82) is 0 Å². The number of hydrogen-bond donors (Lipinski definition) is 2.